The van der Waals surface area contributed by atoms with Crippen LogP contribution in [0.25, 0.3) is 22.6 Å². The Balaban J connectivity index is 1.57. The second-order valence-corrected chi connectivity index (χ2v) is 8.55. The van der Waals surface area contributed by atoms with E-state index in [0.29, 0.717) is 39.3 Å². The fraction of sp³-hybridized carbons (Fsp3) is 0.0833. The molecule has 0 bridgehead atoms. The van der Waals surface area contributed by atoms with Gasteiger partial charge in [0.2, 0.25) is 0 Å². The molecule has 0 unspecified atom stereocenters. The van der Waals surface area contributed by atoms with Crippen molar-refractivity contribution in [1.82, 2.24) is 24.4 Å². The van der Waals surface area contributed by atoms with Crippen LogP contribution in [0, 0.1) is 6.92 Å². The van der Waals surface area contributed by atoms with E-state index in [9.17, 15) is 4.79 Å². The zero-order valence-electron chi connectivity index (χ0n) is 18.0. The van der Waals surface area contributed by atoms with Crippen molar-refractivity contribution in [3.8, 4) is 17.1 Å². The van der Waals surface area contributed by atoms with Crippen molar-refractivity contribution in [2.75, 3.05) is 5.32 Å². The molecule has 0 aliphatic rings. The highest BCUT2D eigenvalue weighted by Crippen LogP contribution is 2.28. The summed E-state index contributed by atoms with van der Waals surface area (Å²) < 4.78 is 3.37. The van der Waals surface area contributed by atoms with E-state index in [0.717, 1.165) is 22.5 Å². The van der Waals surface area contributed by atoms with Crippen LogP contribution >= 0.6 is 23.2 Å². The largest absolute Gasteiger partial charge is 0.365 e. The van der Waals surface area contributed by atoms with Gasteiger partial charge in [-0.2, -0.15) is 5.10 Å². The summed E-state index contributed by atoms with van der Waals surface area (Å²) in [6.07, 6.45) is 3.24. The second kappa shape index (κ2) is 8.81. The number of hydrogen-bond donors (Lipinski definition) is 2. The molecule has 0 fully saturated rings. The van der Waals surface area contributed by atoms with Crippen molar-refractivity contribution >= 4 is 40.4 Å². The van der Waals surface area contributed by atoms with Gasteiger partial charge in [-0.3, -0.25) is 4.79 Å². The Hall–Kier alpha value is -3.88. The van der Waals surface area contributed by atoms with E-state index >= 15 is 0 Å². The number of nitrogens with two attached hydrogens (primary N) is 1. The third-order valence-corrected chi connectivity index (χ3v) is 6.08. The number of rotatable bonds is 6. The van der Waals surface area contributed by atoms with Gasteiger partial charge in [0.05, 0.1) is 33.0 Å². The summed E-state index contributed by atoms with van der Waals surface area (Å²) in [5.41, 5.74) is 9.92. The number of nitrogens with zero attached hydrogens (tertiary/aromatic N) is 5. The van der Waals surface area contributed by atoms with Crippen molar-refractivity contribution in [2.24, 2.45) is 5.73 Å². The zero-order valence-corrected chi connectivity index (χ0v) is 19.5. The first kappa shape index (κ1) is 21.9. The van der Waals surface area contributed by atoms with Crippen molar-refractivity contribution in [3.05, 3.63) is 93.9 Å². The normalized spacial score (nSPS) is 11.1. The van der Waals surface area contributed by atoms with Crippen LogP contribution in [-0.2, 0) is 6.54 Å². The Morgan fingerprint density at radius 3 is 2.71 bits per heavy atom. The summed E-state index contributed by atoms with van der Waals surface area (Å²) in [5, 5.41) is 13.3. The maximum atomic E-state index is 11.8. The summed E-state index contributed by atoms with van der Waals surface area (Å²) >= 11 is 12.2. The van der Waals surface area contributed by atoms with Crippen LogP contribution in [-0.4, -0.2) is 30.3 Å². The van der Waals surface area contributed by atoms with Crippen LogP contribution in [0.5, 0.6) is 0 Å². The first-order chi connectivity index (χ1) is 16.4. The van der Waals surface area contributed by atoms with Crippen LogP contribution in [0.1, 0.15) is 21.6 Å². The number of anilines is 1. The highest BCUT2D eigenvalue weighted by Gasteiger charge is 2.16. The Morgan fingerprint density at radius 2 is 1.94 bits per heavy atom. The third-order valence-electron chi connectivity index (χ3n) is 5.34. The fourth-order valence-electron chi connectivity index (χ4n) is 3.67. The lowest BCUT2D eigenvalue weighted by atomic mass is 10.1. The van der Waals surface area contributed by atoms with Crippen molar-refractivity contribution in [3.63, 3.8) is 0 Å². The molecule has 4 heterocycles. The molecule has 5 aromatic rings. The number of carbonyl (C=O) groups is 1. The van der Waals surface area contributed by atoms with Gasteiger partial charge in [0.1, 0.15) is 5.82 Å². The minimum absolute atomic E-state index is 0.347. The second-order valence-electron chi connectivity index (χ2n) is 7.73. The number of fused-ring (bicyclic) bond motifs is 1. The number of hydrogen-bond acceptors (Lipinski definition) is 5. The number of nitrogens with one attached hydrogen (secondary N) is 1. The first-order valence-electron chi connectivity index (χ1n) is 10.4. The van der Waals surface area contributed by atoms with Crippen LogP contribution in [0.2, 0.25) is 10.0 Å². The SMILES string of the molecule is Cc1cccc(-n2nc(NCc3ccc(Cl)c(Cl)c3)cc2-c2ccn3ncc(C(N)=O)c3c2)n1. The topological polar surface area (TPSA) is 103 Å². The summed E-state index contributed by atoms with van der Waals surface area (Å²) in [6.45, 7) is 2.43. The number of pyridine rings is 2. The van der Waals surface area contributed by atoms with Gasteiger partial charge in [0.25, 0.3) is 5.91 Å². The van der Waals surface area contributed by atoms with Gasteiger partial charge in [0.15, 0.2) is 5.82 Å². The molecule has 0 radical (unpaired) electrons. The monoisotopic (exact) mass is 491 g/mol. The van der Waals surface area contributed by atoms with Gasteiger partial charge in [-0.1, -0.05) is 35.3 Å². The average Bonchev–Trinajstić information content (AvgIpc) is 3.44. The standard InChI is InChI=1S/C24H19Cl2N7O/c1-14-3-2-4-23(30-14)33-20(16-7-8-32-21(10-16)17(13-29-32)24(27)34)11-22(31-33)28-12-15-5-6-18(25)19(26)9-15/h2-11,13H,12H2,1H3,(H2,27,34)(H,28,31). The molecule has 0 aliphatic carbocycles. The molecule has 34 heavy (non-hydrogen) atoms. The fourth-order valence-corrected chi connectivity index (χ4v) is 3.99. The van der Waals surface area contributed by atoms with Crippen LogP contribution in [0.4, 0.5) is 5.82 Å². The van der Waals surface area contributed by atoms with Crippen LogP contribution in [0.15, 0.2) is 67.0 Å². The number of benzene rings is 1. The summed E-state index contributed by atoms with van der Waals surface area (Å²) in [7, 11) is 0. The molecule has 5 rings (SSSR count). The van der Waals surface area contributed by atoms with E-state index in [2.05, 4.69) is 15.4 Å². The van der Waals surface area contributed by atoms with Crippen molar-refractivity contribution in [1.29, 1.82) is 0 Å². The molecule has 0 spiro atoms. The first-order valence-corrected chi connectivity index (χ1v) is 11.1. The number of amides is 1. The minimum atomic E-state index is -0.537. The Kier molecular flexibility index (Phi) is 5.69. The van der Waals surface area contributed by atoms with Gasteiger partial charge >= 0.3 is 0 Å². The highest BCUT2D eigenvalue weighted by atomic mass is 35.5. The van der Waals surface area contributed by atoms with Crippen LogP contribution in [0.3, 0.4) is 0 Å². The smallest absolute Gasteiger partial charge is 0.252 e. The van der Waals surface area contributed by atoms with Crippen molar-refractivity contribution in [2.45, 2.75) is 13.5 Å². The highest BCUT2D eigenvalue weighted by molar-refractivity contribution is 6.42. The predicted octanol–water partition coefficient (Wildman–Crippen LogP) is 4.91. The lowest BCUT2D eigenvalue weighted by Gasteiger charge is -2.08. The molecule has 10 heteroatoms. The molecule has 0 saturated carbocycles. The number of primary amides is 1. The molecule has 0 aliphatic heterocycles. The molecule has 0 atom stereocenters. The van der Waals surface area contributed by atoms with E-state index in [1.165, 1.54) is 6.20 Å². The molecule has 1 aromatic carbocycles. The lowest BCUT2D eigenvalue weighted by Crippen LogP contribution is -2.10. The van der Waals surface area contributed by atoms with E-state index in [-0.39, 0.29) is 0 Å². The van der Waals surface area contributed by atoms with E-state index in [4.69, 9.17) is 34.0 Å². The maximum absolute atomic E-state index is 11.8. The summed E-state index contributed by atoms with van der Waals surface area (Å²) in [4.78, 5) is 16.5. The minimum Gasteiger partial charge on any atom is -0.365 e. The van der Waals surface area contributed by atoms with E-state index in [1.54, 1.807) is 21.5 Å². The Bertz CT molecular complexity index is 1540. The average molecular weight is 492 g/mol. The number of aromatic nitrogens is 5. The molecule has 8 nitrogen and oxygen atoms in total. The molecule has 4 aromatic heterocycles. The van der Waals surface area contributed by atoms with Crippen LogP contribution < -0.4 is 11.1 Å². The van der Waals surface area contributed by atoms with Gasteiger partial charge in [-0.15, -0.1) is 5.10 Å². The molecular weight excluding hydrogens is 473 g/mol. The summed E-state index contributed by atoms with van der Waals surface area (Å²) in [5.74, 6) is 0.777. The van der Waals surface area contributed by atoms with Gasteiger partial charge in [-0.05, 0) is 48.9 Å². The van der Waals surface area contributed by atoms with Gasteiger partial charge in [0, 0.05) is 30.1 Å². The lowest BCUT2D eigenvalue weighted by molar-refractivity contribution is 0.100. The Morgan fingerprint density at radius 1 is 1.09 bits per heavy atom. The third kappa shape index (κ3) is 4.21. The van der Waals surface area contributed by atoms with Gasteiger partial charge < -0.3 is 11.1 Å². The zero-order chi connectivity index (χ0) is 23.8. The molecule has 1 amide bonds. The van der Waals surface area contributed by atoms with E-state index < -0.39 is 5.91 Å². The quantitative estimate of drug-likeness (QED) is 0.351. The predicted molar refractivity (Wildman–Crippen MR) is 133 cm³/mol. The molecule has 0 saturated heterocycles. The number of carbonyl (C=O) groups excluding carboxylic acids is 1. The van der Waals surface area contributed by atoms with Crippen molar-refractivity contribution < 1.29 is 4.79 Å². The molecular formula is C24H19Cl2N7O. The number of halogens is 2. The Labute approximate surface area is 204 Å². The number of aryl methyl sites for hydroxylation is 1. The molecule has 170 valence electrons. The molecule has 3 N–H and O–H groups in total. The van der Waals surface area contributed by atoms with Gasteiger partial charge in [-0.25, -0.2) is 14.2 Å². The van der Waals surface area contributed by atoms with E-state index in [1.807, 2.05) is 55.5 Å². The maximum Gasteiger partial charge on any atom is 0.252 e. The summed E-state index contributed by atoms with van der Waals surface area (Å²) in [6, 6.07) is 16.9.